The zero-order valence-electron chi connectivity index (χ0n) is 18.4. The van der Waals surface area contributed by atoms with Crippen LogP contribution in [-0.4, -0.2) is 72.4 Å². The fourth-order valence-electron chi connectivity index (χ4n) is 4.10. The highest BCUT2D eigenvalue weighted by Crippen LogP contribution is 2.28. The molecule has 0 bridgehead atoms. The molecule has 2 saturated heterocycles. The molecule has 0 unspecified atom stereocenters. The maximum Gasteiger partial charge on any atom is 0.254 e. The first-order chi connectivity index (χ1) is 15.2. The average molecular weight is 430 g/mol. The smallest absolute Gasteiger partial charge is 0.254 e. The average Bonchev–Trinajstić information content (AvgIpc) is 3.31. The van der Waals surface area contributed by atoms with Crippen LogP contribution in [0.1, 0.15) is 49.4 Å². The van der Waals surface area contributed by atoms with Gasteiger partial charge >= 0.3 is 0 Å². The third kappa shape index (κ3) is 5.33. The number of likely N-dealkylation sites (tertiary alicyclic amines) is 1. The van der Waals surface area contributed by atoms with Gasteiger partial charge in [0.25, 0.3) is 5.88 Å². The van der Waals surface area contributed by atoms with Crippen LogP contribution in [0.3, 0.4) is 0 Å². The van der Waals surface area contributed by atoms with Crippen LogP contribution in [0.15, 0.2) is 16.7 Å². The highest BCUT2D eigenvalue weighted by Gasteiger charge is 2.27. The minimum atomic E-state index is 0.144. The Morgan fingerprint density at radius 3 is 2.61 bits per heavy atom. The van der Waals surface area contributed by atoms with E-state index >= 15 is 0 Å². The highest BCUT2D eigenvalue weighted by atomic mass is 16.5. The van der Waals surface area contributed by atoms with Crippen molar-refractivity contribution in [2.45, 2.75) is 44.9 Å². The van der Waals surface area contributed by atoms with Crippen molar-refractivity contribution in [3.8, 4) is 5.88 Å². The van der Waals surface area contributed by atoms with E-state index in [1.54, 1.807) is 13.2 Å². The van der Waals surface area contributed by atoms with E-state index in [1.165, 1.54) is 0 Å². The van der Waals surface area contributed by atoms with Crippen molar-refractivity contribution in [1.82, 2.24) is 20.0 Å². The number of carbonyl (C=O) groups excluding carboxylic acids is 1. The standard InChI is InChI=1S/C22H31N5O4/c1-3-17-14-19(26-10-12-30-13-11-26)24-22(23-17)16-6-8-27(9-7-16)21(28)5-4-18-15-20(29-2)25-31-18/h14-16H,3-13H2,1-2H3. The van der Waals surface area contributed by atoms with Crippen molar-refractivity contribution in [2.24, 2.45) is 0 Å². The van der Waals surface area contributed by atoms with Gasteiger partial charge in [-0.3, -0.25) is 4.79 Å². The number of amides is 1. The summed E-state index contributed by atoms with van der Waals surface area (Å²) in [7, 11) is 1.54. The SMILES string of the molecule is CCc1cc(N2CCOCC2)nc(C2CCN(C(=O)CCc3cc(OC)no3)CC2)n1. The maximum absolute atomic E-state index is 12.6. The topological polar surface area (TPSA) is 93.8 Å². The molecule has 9 heteroatoms. The third-order valence-corrected chi connectivity index (χ3v) is 6.02. The number of ether oxygens (including phenoxy) is 2. The van der Waals surface area contributed by atoms with E-state index < -0.39 is 0 Å². The Hall–Kier alpha value is -2.68. The van der Waals surface area contributed by atoms with Crippen LogP contribution in [0.5, 0.6) is 5.88 Å². The summed E-state index contributed by atoms with van der Waals surface area (Å²) in [5.41, 5.74) is 1.08. The van der Waals surface area contributed by atoms with Crippen molar-refractivity contribution in [1.29, 1.82) is 0 Å². The molecular formula is C22H31N5O4. The van der Waals surface area contributed by atoms with Gasteiger partial charge in [-0.05, 0) is 24.4 Å². The van der Waals surface area contributed by atoms with Crippen LogP contribution >= 0.6 is 0 Å². The number of methoxy groups -OCH3 is 1. The summed E-state index contributed by atoms with van der Waals surface area (Å²) in [5, 5.41) is 3.78. The summed E-state index contributed by atoms with van der Waals surface area (Å²) in [5.74, 6) is 3.46. The Morgan fingerprint density at radius 2 is 1.94 bits per heavy atom. The third-order valence-electron chi connectivity index (χ3n) is 6.02. The van der Waals surface area contributed by atoms with Crippen molar-refractivity contribution in [3.05, 3.63) is 29.4 Å². The molecule has 1 amide bonds. The Kier molecular flexibility index (Phi) is 7.01. The normalized spacial score (nSPS) is 17.7. The summed E-state index contributed by atoms with van der Waals surface area (Å²) in [6.07, 6.45) is 3.59. The molecule has 0 aromatic carbocycles. The maximum atomic E-state index is 12.6. The van der Waals surface area contributed by atoms with E-state index in [9.17, 15) is 4.79 Å². The summed E-state index contributed by atoms with van der Waals surface area (Å²) in [6, 6.07) is 3.83. The van der Waals surface area contributed by atoms with Crippen molar-refractivity contribution in [2.75, 3.05) is 51.4 Å². The van der Waals surface area contributed by atoms with E-state index in [0.717, 1.165) is 76.0 Å². The molecule has 0 atom stereocenters. The minimum absolute atomic E-state index is 0.144. The summed E-state index contributed by atoms with van der Waals surface area (Å²) in [4.78, 5) is 26.6. The van der Waals surface area contributed by atoms with Gasteiger partial charge < -0.3 is 23.8 Å². The van der Waals surface area contributed by atoms with Gasteiger partial charge in [-0.2, -0.15) is 0 Å². The molecule has 168 valence electrons. The molecule has 2 aliphatic rings. The van der Waals surface area contributed by atoms with E-state index in [1.807, 2.05) is 4.90 Å². The van der Waals surface area contributed by atoms with Gasteiger partial charge in [-0.15, -0.1) is 0 Å². The second-order valence-corrected chi connectivity index (χ2v) is 8.02. The Morgan fingerprint density at radius 1 is 1.16 bits per heavy atom. The van der Waals surface area contributed by atoms with Gasteiger partial charge in [-0.25, -0.2) is 9.97 Å². The first kappa shape index (κ1) is 21.5. The van der Waals surface area contributed by atoms with E-state index in [0.29, 0.717) is 24.5 Å². The fraction of sp³-hybridized carbons (Fsp3) is 0.636. The van der Waals surface area contributed by atoms with Gasteiger partial charge in [0.05, 0.1) is 20.3 Å². The van der Waals surface area contributed by atoms with Crippen LogP contribution in [0.2, 0.25) is 0 Å². The number of morpholine rings is 1. The second kappa shape index (κ2) is 10.1. The molecule has 2 aromatic heterocycles. The van der Waals surface area contributed by atoms with Crippen LogP contribution in [0, 0.1) is 0 Å². The van der Waals surface area contributed by atoms with Crippen LogP contribution in [0.25, 0.3) is 0 Å². The lowest BCUT2D eigenvalue weighted by Gasteiger charge is -2.32. The predicted molar refractivity (Wildman–Crippen MR) is 114 cm³/mol. The minimum Gasteiger partial charge on any atom is -0.479 e. The molecule has 4 rings (SSSR count). The molecule has 31 heavy (non-hydrogen) atoms. The predicted octanol–water partition coefficient (Wildman–Crippen LogP) is 2.21. The molecule has 4 heterocycles. The molecule has 0 radical (unpaired) electrons. The van der Waals surface area contributed by atoms with Crippen molar-refractivity contribution < 1.29 is 18.8 Å². The number of hydrogen-bond donors (Lipinski definition) is 0. The number of aryl methyl sites for hydroxylation is 2. The van der Waals surface area contributed by atoms with E-state index in [2.05, 4.69) is 23.0 Å². The van der Waals surface area contributed by atoms with Crippen molar-refractivity contribution in [3.63, 3.8) is 0 Å². The molecule has 2 aromatic rings. The monoisotopic (exact) mass is 429 g/mol. The van der Waals surface area contributed by atoms with E-state index in [4.69, 9.17) is 24.0 Å². The second-order valence-electron chi connectivity index (χ2n) is 8.02. The number of anilines is 1. The number of nitrogens with zero attached hydrogens (tertiary/aromatic N) is 5. The Balaban J connectivity index is 1.33. The number of piperidine rings is 1. The van der Waals surface area contributed by atoms with Gasteiger partial charge in [-0.1, -0.05) is 6.92 Å². The number of carbonyl (C=O) groups is 1. The van der Waals surface area contributed by atoms with Crippen LogP contribution < -0.4 is 9.64 Å². The van der Waals surface area contributed by atoms with Crippen LogP contribution in [-0.2, 0) is 22.4 Å². The zero-order chi connectivity index (χ0) is 21.6. The molecule has 0 aliphatic carbocycles. The van der Waals surface area contributed by atoms with Crippen LogP contribution in [0.4, 0.5) is 5.82 Å². The quantitative estimate of drug-likeness (QED) is 0.661. The molecule has 2 aliphatic heterocycles. The lowest BCUT2D eigenvalue weighted by Crippen LogP contribution is -2.39. The van der Waals surface area contributed by atoms with Gasteiger partial charge in [0, 0.05) is 62.8 Å². The first-order valence-corrected chi connectivity index (χ1v) is 11.1. The number of aromatic nitrogens is 3. The lowest BCUT2D eigenvalue weighted by molar-refractivity contribution is -0.132. The van der Waals surface area contributed by atoms with Gasteiger partial charge in [0.2, 0.25) is 5.91 Å². The number of hydrogen-bond acceptors (Lipinski definition) is 8. The van der Waals surface area contributed by atoms with Crippen molar-refractivity contribution >= 4 is 11.7 Å². The lowest BCUT2D eigenvalue weighted by atomic mass is 9.95. The summed E-state index contributed by atoms with van der Waals surface area (Å²) in [6.45, 7) is 6.80. The molecule has 0 N–H and O–H groups in total. The summed E-state index contributed by atoms with van der Waals surface area (Å²) >= 11 is 0. The first-order valence-electron chi connectivity index (χ1n) is 11.1. The fourth-order valence-corrected chi connectivity index (χ4v) is 4.10. The molecular weight excluding hydrogens is 398 g/mol. The van der Waals surface area contributed by atoms with Gasteiger partial charge in [0.1, 0.15) is 17.4 Å². The van der Waals surface area contributed by atoms with Gasteiger partial charge in [0.15, 0.2) is 0 Å². The molecule has 2 fully saturated rings. The Labute approximate surface area is 182 Å². The molecule has 9 nitrogen and oxygen atoms in total. The van der Waals surface area contributed by atoms with E-state index in [-0.39, 0.29) is 11.8 Å². The Bertz CT molecular complexity index is 873. The zero-order valence-corrected chi connectivity index (χ0v) is 18.4. The summed E-state index contributed by atoms with van der Waals surface area (Å²) < 4.78 is 15.7. The number of rotatable bonds is 7. The largest absolute Gasteiger partial charge is 0.479 e. The molecule has 0 saturated carbocycles. The molecule has 0 spiro atoms. The highest BCUT2D eigenvalue weighted by molar-refractivity contribution is 5.76.